The lowest BCUT2D eigenvalue weighted by molar-refractivity contribution is 0.630. The molecule has 100 valence electrons. The van der Waals surface area contributed by atoms with E-state index in [1.165, 1.54) is 9.13 Å². The summed E-state index contributed by atoms with van der Waals surface area (Å²) in [5.74, 6) is 0. The van der Waals surface area contributed by atoms with Gasteiger partial charge in [0, 0.05) is 3.57 Å². The van der Waals surface area contributed by atoms with Gasteiger partial charge in [-0.2, -0.15) is 0 Å². The Hall–Kier alpha value is -0.290. The summed E-state index contributed by atoms with van der Waals surface area (Å²) in [6.07, 6.45) is 0. The Morgan fingerprint density at radius 2 is 1.89 bits per heavy atom. The molecule has 0 saturated heterocycles. The molecule has 19 heavy (non-hydrogen) atoms. The lowest BCUT2D eigenvalue weighted by Gasteiger charge is -2.21. The smallest absolute Gasteiger partial charge is 0.0643 e. The van der Waals surface area contributed by atoms with Crippen molar-refractivity contribution in [1.82, 2.24) is 5.32 Å². The van der Waals surface area contributed by atoms with E-state index in [-0.39, 0.29) is 6.04 Å². The van der Waals surface area contributed by atoms with Gasteiger partial charge in [-0.15, -0.1) is 0 Å². The second-order valence-electron chi connectivity index (χ2n) is 4.19. The first-order valence-electron chi connectivity index (χ1n) is 6.06. The van der Waals surface area contributed by atoms with Crippen molar-refractivity contribution in [2.24, 2.45) is 0 Å². The second kappa shape index (κ2) is 6.93. The Morgan fingerprint density at radius 1 is 1.16 bits per heavy atom. The first-order chi connectivity index (χ1) is 9.13. The minimum atomic E-state index is 0.0610. The molecule has 0 amide bonds. The quantitative estimate of drug-likeness (QED) is 0.680. The Morgan fingerprint density at radius 3 is 2.58 bits per heavy atom. The van der Waals surface area contributed by atoms with Crippen LogP contribution in [0.2, 0.25) is 10.0 Å². The third kappa shape index (κ3) is 3.63. The lowest BCUT2D eigenvalue weighted by atomic mass is 9.98. The Balaban J connectivity index is 2.48. The molecule has 0 radical (unpaired) electrons. The zero-order chi connectivity index (χ0) is 13.8. The Bertz CT molecular complexity index is 572. The van der Waals surface area contributed by atoms with Crippen molar-refractivity contribution < 1.29 is 0 Å². The predicted molar refractivity (Wildman–Crippen MR) is 91.1 cm³/mol. The number of rotatable bonds is 4. The van der Waals surface area contributed by atoms with E-state index < -0.39 is 0 Å². The van der Waals surface area contributed by atoms with E-state index in [9.17, 15) is 0 Å². The fourth-order valence-corrected chi connectivity index (χ4v) is 3.03. The van der Waals surface area contributed by atoms with Gasteiger partial charge < -0.3 is 5.32 Å². The summed E-state index contributed by atoms with van der Waals surface area (Å²) in [5, 5.41) is 4.67. The molecule has 0 heterocycles. The van der Waals surface area contributed by atoms with Crippen LogP contribution in [0.15, 0.2) is 42.5 Å². The van der Waals surface area contributed by atoms with Gasteiger partial charge in [0.15, 0.2) is 0 Å². The summed E-state index contributed by atoms with van der Waals surface area (Å²) in [6.45, 7) is 2.94. The predicted octanol–water partition coefficient (Wildman–Crippen LogP) is 5.30. The minimum absolute atomic E-state index is 0.0610. The van der Waals surface area contributed by atoms with Gasteiger partial charge in [0.2, 0.25) is 0 Å². The monoisotopic (exact) mass is 405 g/mol. The fraction of sp³-hybridized carbons (Fsp3) is 0.200. The summed E-state index contributed by atoms with van der Waals surface area (Å²) < 4.78 is 1.20. The molecule has 4 heteroatoms. The van der Waals surface area contributed by atoms with Gasteiger partial charge >= 0.3 is 0 Å². The van der Waals surface area contributed by atoms with Crippen LogP contribution in [0.4, 0.5) is 0 Å². The molecular weight excluding hydrogens is 392 g/mol. The van der Waals surface area contributed by atoms with Crippen molar-refractivity contribution in [3.63, 3.8) is 0 Å². The molecule has 0 saturated carbocycles. The van der Waals surface area contributed by atoms with Gasteiger partial charge in [0.05, 0.1) is 16.1 Å². The summed E-state index contributed by atoms with van der Waals surface area (Å²) in [4.78, 5) is 0. The maximum atomic E-state index is 6.34. The number of benzene rings is 2. The third-order valence-electron chi connectivity index (χ3n) is 2.88. The zero-order valence-corrected chi connectivity index (χ0v) is 14.1. The standard InChI is InChI=1S/C15H14Cl2IN/c1-2-19-15(10-5-3-6-11(18)9-10)12-7-4-8-13(16)14(12)17/h3-9,15,19H,2H2,1H3. The molecule has 0 aliphatic carbocycles. The number of hydrogen-bond donors (Lipinski definition) is 1. The highest BCUT2D eigenvalue weighted by Crippen LogP contribution is 2.33. The summed E-state index contributed by atoms with van der Waals surface area (Å²) in [7, 11) is 0. The highest BCUT2D eigenvalue weighted by molar-refractivity contribution is 14.1. The van der Waals surface area contributed by atoms with Crippen molar-refractivity contribution in [2.45, 2.75) is 13.0 Å². The molecule has 1 unspecified atom stereocenters. The normalized spacial score (nSPS) is 12.4. The first-order valence-corrected chi connectivity index (χ1v) is 7.89. The van der Waals surface area contributed by atoms with Crippen LogP contribution in [0.5, 0.6) is 0 Å². The second-order valence-corrected chi connectivity index (χ2v) is 6.22. The van der Waals surface area contributed by atoms with Crippen LogP contribution < -0.4 is 5.32 Å². The maximum Gasteiger partial charge on any atom is 0.0643 e. The maximum absolute atomic E-state index is 6.34. The third-order valence-corrected chi connectivity index (χ3v) is 4.39. The molecule has 0 aromatic heterocycles. The number of halogens is 3. The first kappa shape index (κ1) is 15.1. The van der Waals surface area contributed by atoms with E-state index >= 15 is 0 Å². The molecule has 1 N–H and O–H groups in total. The van der Waals surface area contributed by atoms with E-state index in [1.807, 2.05) is 18.2 Å². The molecule has 1 atom stereocenters. The van der Waals surface area contributed by atoms with Crippen molar-refractivity contribution in [3.05, 3.63) is 67.2 Å². The molecule has 2 aromatic rings. The molecular formula is C15H14Cl2IN. The van der Waals surface area contributed by atoms with Gasteiger partial charge in [0.1, 0.15) is 0 Å². The van der Waals surface area contributed by atoms with Gasteiger partial charge in [-0.25, -0.2) is 0 Å². The molecule has 2 aromatic carbocycles. The minimum Gasteiger partial charge on any atom is -0.306 e. The molecule has 0 fully saturated rings. The largest absolute Gasteiger partial charge is 0.306 e. The Kier molecular flexibility index (Phi) is 5.51. The SMILES string of the molecule is CCNC(c1cccc(I)c1)c1cccc(Cl)c1Cl. The van der Waals surface area contributed by atoms with E-state index in [4.69, 9.17) is 23.2 Å². The highest BCUT2D eigenvalue weighted by atomic mass is 127. The van der Waals surface area contributed by atoms with Gasteiger partial charge in [-0.05, 0) is 58.5 Å². The Labute approximate surface area is 137 Å². The number of hydrogen-bond acceptors (Lipinski definition) is 1. The van der Waals surface area contributed by atoms with Crippen LogP contribution >= 0.6 is 45.8 Å². The van der Waals surface area contributed by atoms with E-state index in [1.54, 1.807) is 0 Å². The van der Waals surface area contributed by atoms with E-state index in [0.717, 1.165) is 12.1 Å². The molecule has 0 spiro atoms. The van der Waals surface area contributed by atoms with Crippen molar-refractivity contribution in [3.8, 4) is 0 Å². The van der Waals surface area contributed by atoms with Crippen LogP contribution in [0.3, 0.4) is 0 Å². The van der Waals surface area contributed by atoms with Crippen molar-refractivity contribution in [1.29, 1.82) is 0 Å². The van der Waals surface area contributed by atoms with E-state index in [2.05, 4.69) is 59.1 Å². The van der Waals surface area contributed by atoms with Gasteiger partial charge in [0.25, 0.3) is 0 Å². The van der Waals surface area contributed by atoms with Crippen LogP contribution in [0.1, 0.15) is 24.1 Å². The molecule has 0 bridgehead atoms. The average Bonchev–Trinajstić information content (AvgIpc) is 2.40. The average molecular weight is 406 g/mol. The summed E-state index contributed by atoms with van der Waals surface area (Å²) >= 11 is 14.8. The summed E-state index contributed by atoms with van der Waals surface area (Å²) in [5.41, 5.74) is 2.20. The van der Waals surface area contributed by atoms with Crippen LogP contribution in [-0.4, -0.2) is 6.54 Å². The molecule has 0 aliphatic rings. The summed E-state index contributed by atoms with van der Waals surface area (Å²) in [6, 6.07) is 14.2. The fourth-order valence-electron chi connectivity index (χ4n) is 2.04. The number of nitrogens with one attached hydrogen (secondary N) is 1. The van der Waals surface area contributed by atoms with Crippen LogP contribution in [0, 0.1) is 3.57 Å². The van der Waals surface area contributed by atoms with E-state index in [0.29, 0.717) is 10.0 Å². The molecule has 2 rings (SSSR count). The van der Waals surface area contributed by atoms with Crippen molar-refractivity contribution in [2.75, 3.05) is 6.54 Å². The topological polar surface area (TPSA) is 12.0 Å². The van der Waals surface area contributed by atoms with Gasteiger partial charge in [-0.3, -0.25) is 0 Å². The highest BCUT2D eigenvalue weighted by Gasteiger charge is 2.17. The molecule has 0 aliphatic heterocycles. The van der Waals surface area contributed by atoms with Gasteiger partial charge in [-0.1, -0.05) is 54.4 Å². The lowest BCUT2D eigenvalue weighted by Crippen LogP contribution is -2.22. The van der Waals surface area contributed by atoms with Crippen molar-refractivity contribution >= 4 is 45.8 Å². The zero-order valence-electron chi connectivity index (χ0n) is 10.5. The van der Waals surface area contributed by atoms with Crippen LogP contribution in [-0.2, 0) is 0 Å². The van der Waals surface area contributed by atoms with Crippen LogP contribution in [0.25, 0.3) is 0 Å². The molecule has 1 nitrogen and oxygen atoms in total.